The second kappa shape index (κ2) is 3.00. The fourth-order valence-corrected chi connectivity index (χ4v) is 2.11. The summed E-state index contributed by atoms with van der Waals surface area (Å²) in [7, 11) is 0. The lowest BCUT2D eigenvalue weighted by atomic mass is 9.87. The summed E-state index contributed by atoms with van der Waals surface area (Å²) < 4.78 is 5.70. The van der Waals surface area contributed by atoms with E-state index in [1.54, 1.807) is 0 Å². The van der Waals surface area contributed by atoms with E-state index in [1.807, 2.05) is 0 Å². The highest BCUT2D eigenvalue weighted by atomic mass is 16.5. The molecule has 0 bridgehead atoms. The number of ether oxygens (including phenoxy) is 1. The van der Waals surface area contributed by atoms with Crippen molar-refractivity contribution in [2.24, 2.45) is 5.73 Å². The number of rotatable bonds is 1. The second-order valence-corrected chi connectivity index (χ2v) is 4.33. The number of nitrogens with two attached hydrogens (primary N) is 1. The summed E-state index contributed by atoms with van der Waals surface area (Å²) in [5.74, 6) is 0. The molecule has 1 unspecified atom stereocenters. The van der Waals surface area contributed by atoms with Crippen LogP contribution in [0.15, 0.2) is 23.5 Å². The average Bonchev–Trinajstić information content (AvgIpc) is 2.48. The number of fused-ring (bicyclic) bond motifs is 1. The second-order valence-electron chi connectivity index (χ2n) is 4.33. The van der Waals surface area contributed by atoms with E-state index in [0.29, 0.717) is 5.70 Å². The van der Waals surface area contributed by atoms with Crippen molar-refractivity contribution in [1.82, 2.24) is 10.9 Å². The number of hydrogen-bond acceptors (Lipinski definition) is 4. The van der Waals surface area contributed by atoms with Crippen molar-refractivity contribution in [2.75, 3.05) is 6.61 Å². The van der Waals surface area contributed by atoms with Gasteiger partial charge in [0.15, 0.2) is 0 Å². The van der Waals surface area contributed by atoms with Gasteiger partial charge in [0.1, 0.15) is 0 Å². The minimum atomic E-state index is -0.183. The van der Waals surface area contributed by atoms with E-state index in [4.69, 9.17) is 10.5 Å². The predicted molar refractivity (Wildman–Crippen MR) is 55.1 cm³/mol. The van der Waals surface area contributed by atoms with Gasteiger partial charge in [0.2, 0.25) is 0 Å². The van der Waals surface area contributed by atoms with Crippen LogP contribution in [0.2, 0.25) is 0 Å². The normalized spacial score (nSPS) is 29.7. The zero-order valence-electron chi connectivity index (χ0n) is 8.68. The van der Waals surface area contributed by atoms with Gasteiger partial charge in [-0.1, -0.05) is 6.58 Å². The molecule has 2 heterocycles. The molecule has 0 amide bonds. The van der Waals surface area contributed by atoms with E-state index >= 15 is 0 Å². The summed E-state index contributed by atoms with van der Waals surface area (Å²) in [5.41, 5.74) is 14.6. The molecule has 14 heavy (non-hydrogen) atoms. The lowest BCUT2D eigenvalue weighted by Gasteiger charge is -2.37. The maximum atomic E-state index is 5.70. The van der Waals surface area contributed by atoms with Crippen LogP contribution < -0.4 is 16.6 Å². The van der Waals surface area contributed by atoms with Gasteiger partial charge in [0.25, 0.3) is 0 Å². The molecule has 0 spiro atoms. The number of nitrogens with one attached hydrogen (secondary N) is 2. The molecule has 2 aliphatic heterocycles. The van der Waals surface area contributed by atoms with Crippen LogP contribution in [-0.4, -0.2) is 18.2 Å². The van der Waals surface area contributed by atoms with Gasteiger partial charge >= 0.3 is 0 Å². The van der Waals surface area contributed by atoms with Gasteiger partial charge in [-0.25, -0.2) is 5.43 Å². The van der Waals surface area contributed by atoms with Gasteiger partial charge in [0.05, 0.1) is 23.9 Å². The van der Waals surface area contributed by atoms with Gasteiger partial charge in [-0.3, -0.25) is 0 Å². The Morgan fingerprint density at radius 1 is 1.64 bits per heavy atom. The van der Waals surface area contributed by atoms with Gasteiger partial charge in [-0.2, -0.15) is 0 Å². The van der Waals surface area contributed by atoms with E-state index in [-0.39, 0.29) is 11.6 Å². The Morgan fingerprint density at radius 2 is 2.36 bits per heavy atom. The van der Waals surface area contributed by atoms with Crippen LogP contribution in [-0.2, 0) is 4.74 Å². The van der Waals surface area contributed by atoms with Crippen LogP contribution in [0.4, 0.5) is 0 Å². The van der Waals surface area contributed by atoms with Gasteiger partial charge in [-0.05, 0) is 25.8 Å². The van der Waals surface area contributed by atoms with Gasteiger partial charge in [0, 0.05) is 5.70 Å². The summed E-state index contributed by atoms with van der Waals surface area (Å²) in [6.45, 7) is 8.66. The topological polar surface area (TPSA) is 59.3 Å². The van der Waals surface area contributed by atoms with Crippen molar-refractivity contribution < 1.29 is 4.74 Å². The van der Waals surface area contributed by atoms with Gasteiger partial charge < -0.3 is 15.9 Å². The van der Waals surface area contributed by atoms with Crippen molar-refractivity contribution >= 4 is 0 Å². The molecule has 2 aliphatic rings. The molecule has 0 radical (unpaired) electrons. The molecule has 4 heteroatoms. The standard InChI is InChI=1S/C10H17N3O/c1-6(11)8-7-4-5-14-10(2,3)9(7)13-12-8/h9,12-13H,1,4-5,11H2,2-3H3. The predicted octanol–water partition coefficient (Wildman–Crippen LogP) is 0.388. The monoisotopic (exact) mass is 195 g/mol. The van der Waals surface area contributed by atoms with Crippen molar-refractivity contribution in [3.63, 3.8) is 0 Å². The molecule has 4 N–H and O–H groups in total. The molecule has 1 saturated heterocycles. The van der Waals surface area contributed by atoms with Crippen LogP contribution in [0.3, 0.4) is 0 Å². The lowest BCUT2D eigenvalue weighted by Crippen LogP contribution is -2.52. The smallest absolute Gasteiger partial charge is 0.0835 e. The van der Waals surface area contributed by atoms with Crippen LogP contribution in [0.1, 0.15) is 20.3 Å². The van der Waals surface area contributed by atoms with Crippen molar-refractivity contribution in [3.05, 3.63) is 23.5 Å². The third-order valence-corrected chi connectivity index (χ3v) is 2.87. The largest absolute Gasteiger partial charge is 0.397 e. The molecule has 2 rings (SSSR count). The summed E-state index contributed by atoms with van der Waals surface area (Å²) in [6, 6.07) is 0.201. The third kappa shape index (κ3) is 1.31. The molecular formula is C10H17N3O. The molecule has 0 aromatic rings. The summed E-state index contributed by atoms with van der Waals surface area (Å²) in [6.07, 6.45) is 0.916. The van der Waals surface area contributed by atoms with E-state index in [0.717, 1.165) is 18.7 Å². The molecule has 1 fully saturated rings. The van der Waals surface area contributed by atoms with Crippen LogP contribution in [0.5, 0.6) is 0 Å². The first-order valence-electron chi connectivity index (χ1n) is 4.85. The quantitative estimate of drug-likeness (QED) is 0.566. The Balaban J connectivity index is 2.34. The fourth-order valence-electron chi connectivity index (χ4n) is 2.11. The molecular weight excluding hydrogens is 178 g/mol. The zero-order valence-corrected chi connectivity index (χ0v) is 8.68. The minimum Gasteiger partial charge on any atom is -0.397 e. The molecule has 78 valence electrons. The van der Waals surface area contributed by atoms with E-state index < -0.39 is 0 Å². The number of hydrogen-bond donors (Lipinski definition) is 3. The van der Waals surface area contributed by atoms with Crippen molar-refractivity contribution in [1.29, 1.82) is 0 Å². The maximum absolute atomic E-state index is 5.70. The first kappa shape index (κ1) is 9.55. The highest BCUT2D eigenvalue weighted by Gasteiger charge is 2.41. The Morgan fingerprint density at radius 3 is 3.00 bits per heavy atom. The maximum Gasteiger partial charge on any atom is 0.0835 e. The Labute approximate surface area is 84.2 Å². The fraction of sp³-hybridized carbons (Fsp3) is 0.600. The summed E-state index contributed by atoms with van der Waals surface area (Å²) in [4.78, 5) is 0. The van der Waals surface area contributed by atoms with Crippen molar-refractivity contribution in [2.45, 2.75) is 31.9 Å². The highest BCUT2D eigenvalue weighted by Crippen LogP contribution is 2.33. The molecule has 0 saturated carbocycles. The first-order valence-corrected chi connectivity index (χ1v) is 4.85. The van der Waals surface area contributed by atoms with Crippen molar-refractivity contribution in [3.8, 4) is 0 Å². The molecule has 0 aliphatic carbocycles. The van der Waals surface area contributed by atoms with E-state index in [1.165, 1.54) is 5.57 Å². The molecule has 0 aromatic carbocycles. The average molecular weight is 195 g/mol. The van der Waals surface area contributed by atoms with E-state index in [9.17, 15) is 0 Å². The Hall–Kier alpha value is -1.00. The third-order valence-electron chi connectivity index (χ3n) is 2.87. The molecule has 1 atom stereocenters. The van der Waals surface area contributed by atoms with Crippen LogP contribution >= 0.6 is 0 Å². The molecule has 4 nitrogen and oxygen atoms in total. The summed E-state index contributed by atoms with van der Waals surface area (Å²) >= 11 is 0. The Bertz CT molecular complexity index is 306. The first-order chi connectivity index (χ1) is 6.52. The van der Waals surface area contributed by atoms with E-state index in [2.05, 4.69) is 31.3 Å². The lowest BCUT2D eigenvalue weighted by molar-refractivity contribution is -0.0526. The highest BCUT2D eigenvalue weighted by molar-refractivity contribution is 5.38. The van der Waals surface area contributed by atoms with Crippen LogP contribution in [0, 0.1) is 0 Å². The van der Waals surface area contributed by atoms with Crippen LogP contribution in [0.25, 0.3) is 0 Å². The van der Waals surface area contributed by atoms with Gasteiger partial charge in [-0.15, -0.1) is 0 Å². The minimum absolute atomic E-state index is 0.183. The Kier molecular flexibility index (Phi) is 2.05. The number of hydrazine groups is 1. The molecule has 0 aromatic heterocycles. The zero-order chi connectivity index (χ0) is 10.3. The summed E-state index contributed by atoms with van der Waals surface area (Å²) in [5, 5.41) is 0. The SMILES string of the molecule is C=C(N)C1=C2CCOC(C)(C)C2NN1.